The first kappa shape index (κ1) is 76.5. The number of hydrogen-bond acceptors (Lipinski definition) is 3. The molecule has 0 aromatic heterocycles. The third kappa shape index (κ3) is 14.9. The van der Waals surface area contributed by atoms with Crippen molar-refractivity contribution in [3.8, 4) is 33.4 Å². The second-order valence-corrected chi connectivity index (χ2v) is 32.3. The van der Waals surface area contributed by atoms with Crippen LogP contribution in [0.25, 0.3) is 69.8 Å². The van der Waals surface area contributed by atoms with Gasteiger partial charge in [-0.05, 0) is 266 Å². The highest BCUT2D eigenvalue weighted by Gasteiger charge is 2.57. The Morgan fingerprint density at radius 2 is 0.377 bits per heavy atom. The fourth-order valence-corrected chi connectivity index (χ4v) is 19.7. The molecule has 16 rings (SSSR count). The Labute approximate surface area is 680 Å². The Hall–Kier alpha value is -11.5. The van der Waals surface area contributed by atoms with E-state index in [0.29, 0.717) is 0 Å². The summed E-state index contributed by atoms with van der Waals surface area (Å²) >= 11 is 0. The van der Waals surface area contributed by atoms with Crippen LogP contribution >= 0.6 is 0 Å². The smallest absolute Gasteiger partial charge is 0.0462 e. The van der Waals surface area contributed by atoms with Gasteiger partial charge in [0.15, 0.2) is 0 Å². The second kappa shape index (κ2) is 34.8. The van der Waals surface area contributed by atoms with Crippen LogP contribution in [0.4, 0.5) is 51.2 Å². The molecule has 13 aromatic rings. The molecule has 0 amide bonds. The molecular formula is C111H111N3. The van der Waals surface area contributed by atoms with Gasteiger partial charge in [0, 0.05) is 67.4 Å². The predicted molar refractivity (Wildman–Crippen MR) is 492 cm³/mol. The SMILES string of the molecule is CCCCC1(CCCC)c2ccc(/C=C\c3ccc(N(c4ccccc4)c4ccccc4)cc3)cc2-c2c1c1c(c3c2C(CCCC)(CCCC)c2ccc(/C=C/c4ccc(N(c5ccccc5)c5ccccc5)cc4)cc2-3)C(CCCC)(CCCC)c2ccc(/C=C/c3ccc(N(c4ccccc4)c4ccccc4)cc3)cc2-1. The highest BCUT2D eigenvalue weighted by Crippen LogP contribution is 2.72. The van der Waals surface area contributed by atoms with Crippen LogP contribution in [-0.4, -0.2) is 0 Å². The maximum Gasteiger partial charge on any atom is 0.0462 e. The molecule has 0 bridgehead atoms. The van der Waals surface area contributed by atoms with Crippen LogP contribution in [0, 0.1) is 0 Å². The molecule has 0 heterocycles. The van der Waals surface area contributed by atoms with E-state index in [9.17, 15) is 0 Å². The zero-order valence-electron chi connectivity index (χ0n) is 68.0. The summed E-state index contributed by atoms with van der Waals surface area (Å²) in [6, 6.07) is 116. The first-order chi connectivity index (χ1) is 56.2. The molecular weight excluding hydrogens is 1380 g/mol. The van der Waals surface area contributed by atoms with E-state index in [4.69, 9.17) is 0 Å². The van der Waals surface area contributed by atoms with E-state index in [1.807, 2.05) is 0 Å². The van der Waals surface area contributed by atoms with Gasteiger partial charge in [-0.15, -0.1) is 0 Å². The van der Waals surface area contributed by atoms with Crippen LogP contribution in [0.1, 0.15) is 224 Å². The average molecular weight is 1490 g/mol. The fourth-order valence-electron chi connectivity index (χ4n) is 19.7. The van der Waals surface area contributed by atoms with Gasteiger partial charge in [-0.1, -0.05) is 337 Å². The zero-order chi connectivity index (χ0) is 77.9. The Bertz CT molecular complexity index is 4770. The van der Waals surface area contributed by atoms with Gasteiger partial charge in [-0.3, -0.25) is 0 Å². The Morgan fingerprint density at radius 3 is 0.570 bits per heavy atom. The molecule has 570 valence electrons. The van der Waals surface area contributed by atoms with Gasteiger partial charge in [0.05, 0.1) is 0 Å². The first-order valence-corrected chi connectivity index (χ1v) is 43.0. The van der Waals surface area contributed by atoms with Gasteiger partial charge >= 0.3 is 0 Å². The van der Waals surface area contributed by atoms with Crippen LogP contribution in [0.5, 0.6) is 0 Å². The minimum atomic E-state index is -0.222. The quantitative estimate of drug-likeness (QED) is 0.0380. The third-order valence-corrected chi connectivity index (χ3v) is 25.1. The van der Waals surface area contributed by atoms with Crippen molar-refractivity contribution in [1.29, 1.82) is 0 Å². The molecule has 0 N–H and O–H groups in total. The third-order valence-electron chi connectivity index (χ3n) is 25.1. The van der Waals surface area contributed by atoms with Crippen LogP contribution < -0.4 is 14.7 Å². The summed E-state index contributed by atoms with van der Waals surface area (Å²) in [5, 5.41) is 0. The lowest BCUT2D eigenvalue weighted by Gasteiger charge is -2.39. The van der Waals surface area contributed by atoms with Crippen LogP contribution in [0.3, 0.4) is 0 Å². The van der Waals surface area contributed by atoms with Crippen molar-refractivity contribution in [3.05, 3.63) is 376 Å². The molecule has 3 nitrogen and oxygen atoms in total. The molecule has 0 radical (unpaired) electrons. The first-order valence-electron chi connectivity index (χ1n) is 43.0. The molecule has 114 heavy (non-hydrogen) atoms. The summed E-state index contributed by atoms with van der Waals surface area (Å²) in [7, 11) is 0. The largest absolute Gasteiger partial charge is 0.311 e. The van der Waals surface area contributed by atoms with Crippen molar-refractivity contribution < 1.29 is 0 Å². The average Bonchev–Trinajstić information content (AvgIpc) is 1.48. The minimum absolute atomic E-state index is 0.222. The molecule has 0 spiro atoms. The van der Waals surface area contributed by atoms with E-state index in [1.165, 1.54) is 50.1 Å². The lowest BCUT2D eigenvalue weighted by Crippen LogP contribution is -2.31. The van der Waals surface area contributed by atoms with Crippen molar-refractivity contribution in [2.45, 2.75) is 173 Å². The monoisotopic (exact) mass is 1490 g/mol. The second-order valence-electron chi connectivity index (χ2n) is 32.3. The molecule has 13 aromatic carbocycles. The topological polar surface area (TPSA) is 9.72 Å². The lowest BCUT2D eigenvalue weighted by molar-refractivity contribution is 0.401. The van der Waals surface area contributed by atoms with E-state index >= 15 is 0 Å². The highest BCUT2D eigenvalue weighted by molar-refractivity contribution is 6.06. The number of rotatable bonds is 33. The standard InChI is InChI=1S/C111H111N3/c1-7-13-73-109(74-14-8-2)100-70-61-85(52-49-82-55-64-94(65-56-82)112(88-37-25-19-26-38-88)89-39-27-20-28-40-89)79-97(100)103-106(109)104-98-80-86(53-50-83-57-66-95(67-58-83)113(90-41-29-21-30-42-90)91-43-31-22-32-44-91)62-71-101(98)110(75-15-9-3,76-16-10-4)108(104)105-99-81-87(63-72-102(99)111(107(103)105,77-17-11-5)78-18-12-6)54-51-84-59-68-96(69-60-84)114(92-45-33-23-34-46-92)93-47-35-24-36-48-93/h19-72,79-81H,7-18,73-78H2,1-6H3/b52-49-,53-50+,54-51+. The van der Waals surface area contributed by atoms with Crippen LogP contribution in [-0.2, 0) is 16.2 Å². The van der Waals surface area contributed by atoms with Crippen LogP contribution in [0.2, 0.25) is 0 Å². The molecule has 0 fully saturated rings. The van der Waals surface area contributed by atoms with Crippen molar-refractivity contribution in [2.24, 2.45) is 0 Å². The van der Waals surface area contributed by atoms with Gasteiger partial charge in [0.2, 0.25) is 0 Å². The summed E-state index contributed by atoms with van der Waals surface area (Å²) < 4.78 is 0. The summed E-state index contributed by atoms with van der Waals surface area (Å²) in [5.41, 5.74) is 35.6. The summed E-state index contributed by atoms with van der Waals surface area (Å²) in [6.07, 6.45) is 34.8. The molecule has 0 saturated heterocycles. The number of unbranched alkanes of at least 4 members (excludes halogenated alkanes) is 6. The molecule has 0 unspecified atom stereocenters. The van der Waals surface area contributed by atoms with E-state index in [0.717, 1.165) is 167 Å². The summed E-state index contributed by atoms with van der Waals surface area (Å²) in [5.74, 6) is 0. The maximum absolute atomic E-state index is 2.68. The molecule has 3 aliphatic rings. The Morgan fingerprint density at radius 1 is 0.202 bits per heavy atom. The fraction of sp³-hybridized carbons (Fsp3) is 0.243. The minimum Gasteiger partial charge on any atom is -0.311 e. The molecule has 0 saturated carbocycles. The molecule has 0 aliphatic heterocycles. The molecule has 3 aliphatic carbocycles. The number of fused-ring (bicyclic) bond motifs is 12. The summed E-state index contributed by atoms with van der Waals surface area (Å²) in [6.45, 7) is 14.6. The van der Waals surface area contributed by atoms with E-state index in [2.05, 4.69) is 402 Å². The number of para-hydroxylation sites is 6. The van der Waals surface area contributed by atoms with Crippen LogP contribution in [0.15, 0.2) is 309 Å². The normalized spacial score (nSPS) is 13.7. The predicted octanol–water partition coefficient (Wildman–Crippen LogP) is 32.5. The van der Waals surface area contributed by atoms with Gasteiger partial charge in [0.1, 0.15) is 0 Å². The Kier molecular flexibility index (Phi) is 23.4. The Balaban J connectivity index is 0.912. The lowest BCUT2D eigenvalue weighted by atomic mass is 9.63. The van der Waals surface area contributed by atoms with E-state index in [-0.39, 0.29) is 16.2 Å². The van der Waals surface area contributed by atoms with Crippen molar-refractivity contribution >= 4 is 87.6 Å². The number of hydrogen-bond donors (Lipinski definition) is 0. The summed E-state index contributed by atoms with van der Waals surface area (Å²) in [4.78, 5) is 7.06. The van der Waals surface area contributed by atoms with Gasteiger partial charge in [0.25, 0.3) is 0 Å². The number of benzene rings is 13. The van der Waals surface area contributed by atoms with Crippen molar-refractivity contribution in [2.75, 3.05) is 14.7 Å². The van der Waals surface area contributed by atoms with Gasteiger partial charge in [-0.2, -0.15) is 0 Å². The number of anilines is 9. The highest BCUT2D eigenvalue weighted by atomic mass is 15.2. The molecule has 3 heteroatoms. The van der Waals surface area contributed by atoms with E-state index < -0.39 is 0 Å². The van der Waals surface area contributed by atoms with E-state index in [1.54, 1.807) is 50.1 Å². The zero-order valence-corrected chi connectivity index (χ0v) is 68.0. The van der Waals surface area contributed by atoms with Gasteiger partial charge in [-0.25, -0.2) is 0 Å². The maximum atomic E-state index is 2.68. The van der Waals surface area contributed by atoms with Crippen molar-refractivity contribution in [1.82, 2.24) is 0 Å². The number of nitrogens with zero attached hydrogens (tertiary/aromatic N) is 3. The molecule has 0 atom stereocenters. The van der Waals surface area contributed by atoms with Crippen molar-refractivity contribution in [3.63, 3.8) is 0 Å². The van der Waals surface area contributed by atoms with Gasteiger partial charge < -0.3 is 14.7 Å².